The predicted octanol–water partition coefficient (Wildman–Crippen LogP) is 3.12. The highest BCUT2D eigenvalue weighted by Gasteiger charge is 2.18. The Labute approximate surface area is 108 Å². The molecule has 18 heavy (non-hydrogen) atoms. The zero-order valence-electron chi connectivity index (χ0n) is 9.42. The normalized spacial score (nSPS) is 12.3. The van der Waals surface area contributed by atoms with Gasteiger partial charge in [-0.15, -0.1) is 0 Å². The van der Waals surface area contributed by atoms with Crippen LogP contribution in [0.2, 0.25) is 0 Å². The molecule has 3 nitrogen and oxygen atoms in total. The summed E-state index contributed by atoms with van der Waals surface area (Å²) in [5.41, 5.74) is 0.506. The van der Waals surface area contributed by atoms with E-state index in [2.05, 4.69) is 0 Å². The number of ketones is 1. The van der Waals surface area contributed by atoms with Gasteiger partial charge in [-0.05, 0) is 30.3 Å². The SMILES string of the molecule is O=C(CO)c1ccc2c(c1)Sc1ccccc1O2. The van der Waals surface area contributed by atoms with Crippen molar-refractivity contribution in [1.29, 1.82) is 0 Å². The van der Waals surface area contributed by atoms with E-state index in [1.54, 1.807) is 30.0 Å². The van der Waals surface area contributed by atoms with Gasteiger partial charge in [0.05, 0.1) is 9.79 Å². The number of aliphatic hydroxyl groups excluding tert-OH is 1. The van der Waals surface area contributed by atoms with E-state index in [4.69, 9.17) is 9.84 Å². The first kappa shape index (κ1) is 11.3. The molecule has 0 amide bonds. The average Bonchev–Trinajstić information content (AvgIpc) is 2.43. The number of ether oxygens (including phenoxy) is 1. The van der Waals surface area contributed by atoms with E-state index in [1.165, 1.54) is 0 Å². The minimum atomic E-state index is -0.471. The molecule has 0 unspecified atom stereocenters. The summed E-state index contributed by atoms with van der Waals surface area (Å²) >= 11 is 1.57. The predicted molar refractivity (Wildman–Crippen MR) is 68.5 cm³/mol. The van der Waals surface area contributed by atoms with Gasteiger partial charge in [0.25, 0.3) is 0 Å². The first-order chi connectivity index (χ1) is 8.78. The molecule has 0 aliphatic carbocycles. The van der Waals surface area contributed by atoms with Crippen molar-refractivity contribution in [2.75, 3.05) is 6.61 Å². The van der Waals surface area contributed by atoms with Gasteiger partial charge in [0, 0.05) is 5.56 Å². The van der Waals surface area contributed by atoms with Crippen LogP contribution in [0.1, 0.15) is 10.4 Å². The first-order valence-electron chi connectivity index (χ1n) is 5.51. The lowest BCUT2D eigenvalue weighted by Gasteiger charge is -2.19. The number of rotatable bonds is 2. The Morgan fingerprint density at radius 1 is 1.11 bits per heavy atom. The third-order valence-corrected chi connectivity index (χ3v) is 3.79. The summed E-state index contributed by atoms with van der Waals surface area (Å²) < 4.78 is 5.75. The second kappa shape index (κ2) is 4.48. The largest absolute Gasteiger partial charge is 0.455 e. The molecule has 0 saturated heterocycles. The standard InChI is InChI=1S/C14H10O3S/c15-8-10(16)9-5-6-12-14(7-9)18-13-4-2-1-3-11(13)17-12/h1-7,15H,8H2. The topological polar surface area (TPSA) is 46.5 Å². The van der Waals surface area contributed by atoms with Crippen LogP contribution in [0.15, 0.2) is 52.3 Å². The second-order valence-corrected chi connectivity index (χ2v) is 4.98. The molecule has 0 radical (unpaired) electrons. The maximum absolute atomic E-state index is 11.4. The minimum absolute atomic E-state index is 0.280. The van der Waals surface area contributed by atoms with Gasteiger partial charge in [0.1, 0.15) is 18.1 Å². The van der Waals surface area contributed by atoms with Crippen molar-refractivity contribution in [1.82, 2.24) is 0 Å². The van der Waals surface area contributed by atoms with Gasteiger partial charge in [0.15, 0.2) is 5.78 Å². The minimum Gasteiger partial charge on any atom is -0.455 e. The number of benzene rings is 2. The molecule has 0 bridgehead atoms. The van der Waals surface area contributed by atoms with E-state index in [1.807, 2.05) is 24.3 Å². The van der Waals surface area contributed by atoms with E-state index in [0.29, 0.717) is 5.56 Å². The third-order valence-electron chi connectivity index (χ3n) is 2.70. The van der Waals surface area contributed by atoms with Gasteiger partial charge in [-0.2, -0.15) is 0 Å². The first-order valence-corrected chi connectivity index (χ1v) is 6.32. The Morgan fingerprint density at radius 2 is 1.89 bits per heavy atom. The summed E-state index contributed by atoms with van der Waals surface area (Å²) in [5, 5.41) is 8.86. The van der Waals surface area contributed by atoms with Crippen LogP contribution in [-0.2, 0) is 0 Å². The Balaban J connectivity index is 2.01. The summed E-state index contributed by atoms with van der Waals surface area (Å²) in [7, 11) is 0. The molecular weight excluding hydrogens is 248 g/mol. The van der Waals surface area contributed by atoms with E-state index < -0.39 is 6.61 Å². The molecule has 1 aliphatic heterocycles. The molecule has 4 heteroatoms. The quantitative estimate of drug-likeness (QED) is 0.717. The van der Waals surface area contributed by atoms with Crippen LogP contribution in [0.3, 0.4) is 0 Å². The van der Waals surface area contributed by atoms with Crippen molar-refractivity contribution in [2.24, 2.45) is 0 Å². The van der Waals surface area contributed by atoms with Gasteiger partial charge in [-0.25, -0.2) is 0 Å². The number of carbonyl (C=O) groups is 1. The molecule has 0 atom stereocenters. The van der Waals surface area contributed by atoms with Gasteiger partial charge < -0.3 is 9.84 Å². The number of hydrogen-bond acceptors (Lipinski definition) is 4. The molecule has 1 heterocycles. The average molecular weight is 258 g/mol. The molecule has 2 aromatic rings. The summed E-state index contributed by atoms with van der Waals surface area (Å²) in [5.74, 6) is 1.29. The van der Waals surface area contributed by atoms with Gasteiger partial charge >= 0.3 is 0 Å². The highest BCUT2D eigenvalue weighted by Crippen LogP contribution is 2.46. The Bertz CT molecular complexity index is 622. The second-order valence-electron chi connectivity index (χ2n) is 3.89. The fourth-order valence-electron chi connectivity index (χ4n) is 1.79. The van der Waals surface area contributed by atoms with Crippen molar-refractivity contribution in [3.8, 4) is 11.5 Å². The van der Waals surface area contributed by atoms with Crippen molar-refractivity contribution in [2.45, 2.75) is 9.79 Å². The van der Waals surface area contributed by atoms with Crippen LogP contribution in [-0.4, -0.2) is 17.5 Å². The van der Waals surface area contributed by atoms with E-state index >= 15 is 0 Å². The number of Topliss-reactive ketones (excluding diaryl/α,β-unsaturated/α-hetero) is 1. The van der Waals surface area contributed by atoms with Crippen LogP contribution in [0.5, 0.6) is 11.5 Å². The molecule has 0 aromatic heterocycles. The van der Waals surface area contributed by atoms with Crippen molar-refractivity contribution in [3.05, 3.63) is 48.0 Å². The maximum atomic E-state index is 11.4. The molecule has 3 rings (SSSR count). The summed E-state index contributed by atoms with van der Waals surface area (Å²) in [6, 6.07) is 13.0. The maximum Gasteiger partial charge on any atom is 0.188 e. The number of fused-ring (bicyclic) bond motifs is 2. The molecule has 0 spiro atoms. The van der Waals surface area contributed by atoms with Crippen LogP contribution in [0.4, 0.5) is 0 Å². The van der Waals surface area contributed by atoms with Gasteiger partial charge in [0.2, 0.25) is 0 Å². The lowest BCUT2D eigenvalue weighted by molar-refractivity contribution is 0.0903. The molecule has 0 saturated carbocycles. The van der Waals surface area contributed by atoms with E-state index in [0.717, 1.165) is 21.3 Å². The fraction of sp³-hybridized carbons (Fsp3) is 0.0714. The van der Waals surface area contributed by atoms with Crippen LogP contribution in [0.25, 0.3) is 0 Å². The van der Waals surface area contributed by atoms with E-state index in [-0.39, 0.29) is 5.78 Å². The number of carbonyl (C=O) groups excluding carboxylic acids is 1. The van der Waals surface area contributed by atoms with Crippen molar-refractivity contribution in [3.63, 3.8) is 0 Å². The van der Waals surface area contributed by atoms with Crippen LogP contribution < -0.4 is 4.74 Å². The Hall–Kier alpha value is -1.78. The smallest absolute Gasteiger partial charge is 0.188 e. The highest BCUT2D eigenvalue weighted by molar-refractivity contribution is 7.99. The zero-order chi connectivity index (χ0) is 12.5. The number of hydrogen-bond donors (Lipinski definition) is 1. The molecule has 2 aromatic carbocycles. The van der Waals surface area contributed by atoms with Crippen molar-refractivity contribution < 1.29 is 14.6 Å². The van der Waals surface area contributed by atoms with Gasteiger partial charge in [-0.3, -0.25) is 4.79 Å². The van der Waals surface area contributed by atoms with Crippen LogP contribution in [0, 0.1) is 0 Å². The summed E-state index contributed by atoms with van der Waals surface area (Å²) in [6.07, 6.45) is 0. The zero-order valence-corrected chi connectivity index (χ0v) is 10.2. The van der Waals surface area contributed by atoms with Gasteiger partial charge in [-0.1, -0.05) is 23.9 Å². The molecule has 0 fully saturated rings. The lowest BCUT2D eigenvalue weighted by atomic mass is 10.1. The van der Waals surface area contributed by atoms with Crippen molar-refractivity contribution >= 4 is 17.5 Å². The third kappa shape index (κ3) is 1.89. The number of aliphatic hydroxyl groups is 1. The summed E-state index contributed by atoms with van der Waals surface area (Å²) in [6.45, 7) is -0.471. The molecule has 1 aliphatic rings. The molecule has 90 valence electrons. The Kier molecular flexibility index (Phi) is 2.81. The molecular formula is C14H10O3S. The van der Waals surface area contributed by atoms with Crippen LogP contribution >= 0.6 is 11.8 Å². The van der Waals surface area contributed by atoms with E-state index in [9.17, 15) is 4.79 Å². The lowest BCUT2D eigenvalue weighted by Crippen LogP contribution is -2.05. The highest BCUT2D eigenvalue weighted by atomic mass is 32.2. The fourth-order valence-corrected chi connectivity index (χ4v) is 2.78. The molecule has 1 N–H and O–H groups in total. The number of para-hydroxylation sites is 1. The summed E-state index contributed by atoms with van der Waals surface area (Å²) in [4.78, 5) is 13.4. The monoisotopic (exact) mass is 258 g/mol. The Morgan fingerprint density at radius 3 is 2.72 bits per heavy atom.